The lowest BCUT2D eigenvalue weighted by atomic mass is 9.70. The van der Waals surface area contributed by atoms with Crippen LogP contribution in [-0.2, 0) is 19.1 Å². The Morgan fingerprint density at radius 1 is 1.23 bits per heavy atom. The van der Waals surface area contributed by atoms with Crippen molar-refractivity contribution in [1.29, 1.82) is 0 Å². The molecule has 1 aliphatic heterocycles. The van der Waals surface area contributed by atoms with Gasteiger partial charge in [0.1, 0.15) is 11.3 Å². The number of rotatable bonds is 3. The number of benzene rings is 1. The average molecular weight is 355 g/mol. The minimum absolute atomic E-state index is 0.00699. The van der Waals surface area contributed by atoms with E-state index in [0.29, 0.717) is 24.2 Å². The summed E-state index contributed by atoms with van der Waals surface area (Å²) in [5, 5.41) is 0. The first-order valence-corrected chi connectivity index (χ1v) is 8.89. The molecule has 2 aliphatic rings. The minimum Gasteiger partial charge on any atom is -0.459 e. The van der Waals surface area contributed by atoms with Crippen LogP contribution in [0.3, 0.4) is 0 Å². The molecule has 1 aromatic rings. The molecule has 0 spiro atoms. The fourth-order valence-corrected chi connectivity index (χ4v) is 3.64. The predicted octanol–water partition coefficient (Wildman–Crippen LogP) is 3.57. The van der Waals surface area contributed by atoms with Gasteiger partial charge in [0.15, 0.2) is 5.78 Å². The summed E-state index contributed by atoms with van der Waals surface area (Å²) in [5.74, 6) is -0.523. The van der Waals surface area contributed by atoms with E-state index in [2.05, 4.69) is 0 Å². The van der Waals surface area contributed by atoms with E-state index in [1.54, 1.807) is 13.8 Å². The summed E-state index contributed by atoms with van der Waals surface area (Å²) in [6.45, 7) is 7.60. The maximum Gasteiger partial charge on any atom is 0.340 e. The third-order valence-corrected chi connectivity index (χ3v) is 4.65. The highest BCUT2D eigenvalue weighted by Gasteiger charge is 2.45. The summed E-state index contributed by atoms with van der Waals surface area (Å²) >= 11 is 0. The number of ether oxygens (including phenoxy) is 2. The molecule has 2 N–H and O–H groups in total. The molecule has 0 aromatic heterocycles. The maximum absolute atomic E-state index is 13.0. The topological polar surface area (TPSA) is 78.6 Å². The van der Waals surface area contributed by atoms with Gasteiger partial charge >= 0.3 is 5.97 Å². The van der Waals surface area contributed by atoms with Gasteiger partial charge in [-0.2, -0.15) is 0 Å². The summed E-state index contributed by atoms with van der Waals surface area (Å²) in [6.07, 6.45) is 0.714. The molecular formula is C21H25NO4. The molecule has 0 saturated heterocycles. The van der Waals surface area contributed by atoms with Crippen molar-refractivity contribution in [3.05, 3.63) is 58.7 Å². The van der Waals surface area contributed by atoms with Crippen LogP contribution in [0.2, 0.25) is 0 Å². The van der Waals surface area contributed by atoms with Crippen LogP contribution in [0.4, 0.5) is 0 Å². The highest BCUT2D eigenvalue weighted by atomic mass is 16.5. The summed E-state index contributed by atoms with van der Waals surface area (Å²) in [4.78, 5) is 25.7. The Bertz CT molecular complexity index is 803. The lowest BCUT2D eigenvalue weighted by molar-refractivity contribution is -0.143. The molecule has 138 valence electrons. The molecule has 0 amide bonds. The Balaban J connectivity index is 2.14. The second kappa shape index (κ2) is 6.63. The summed E-state index contributed by atoms with van der Waals surface area (Å²) in [7, 11) is 0. The Kier molecular flexibility index (Phi) is 4.65. The van der Waals surface area contributed by atoms with Gasteiger partial charge in [0.05, 0.1) is 12.0 Å². The van der Waals surface area contributed by atoms with Gasteiger partial charge in [-0.15, -0.1) is 0 Å². The molecule has 0 saturated carbocycles. The van der Waals surface area contributed by atoms with Crippen molar-refractivity contribution >= 4 is 11.8 Å². The lowest BCUT2D eigenvalue weighted by Crippen LogP contribution is -2.36. The Morgan fingerprint density at radius 3 is 2.50 bits per heavy atom. The number of esters is 1. The molecule has 26 heavy (non-hydrogen) atoms. The quantitative estimate of drug-likeness (QED) is 0.839. The smallest absolute Gasteiger partial charge is 0.340 e. The summed E-state index contributed by atoms with van der Waals surface area (Å²) in [5.41, 5.74) is 7.50. The van der Waals surface area contributed by atoms with Gasteiger partial charge in [0, 0.05) is 18.4 Å². The van der Waals surface area contributed by atoms with Gasteiger partial charge < -0.3 is 15.2 Å². The molecule has 1 aromatic carbocycles. The first-order valence-electron chi connectivity index (χ1n) is 8.89. The van der Waals surface area contributed by atoms with Crippen LogP contribution >= 0.6 is 0 Å². The fraction of sp³-hybridized carbons (Fsp3) is 0.429. The van der Waals surface area contributed by atoms with Crippen molar-refractivity contribution in [1.82, 2.24) is 0 Å². The van der Waals surface area contributed by atoms with E-state index < -0.39 is 11.9 Å². The zero-order valence-corrected chi connectivity index (χ0v) is 15.7. The van der Waals surface area contributed by atoms with Crippen molar-refractivity contribution in [2.45, 2.75) is 52.6 Å². The number of ketones is 1. The Hall–Kier alpha value is -2.56. The van der Waals surface area contributed by atoms with Crippen LogP contribution < -0.4 is 5.73 Å². The first-order chi connectivity index (χ1) is 12.2. The van der Waals surface area contributed by atoms with E-state index in [4.69, 9.17) is 15.2 Å². The number of carbonyl (C=O) groups excluding carboxylic acids is 2. The Morgan fingerprint density at radius 2 is 1.88 bits per heavy atom. The highest BCUT2D eigenvalue weighted by molar-refractivity contribution is 6.03. The van der Waals surface area contributed by atoms with Gasteiger partial charge in [-0.3, -0.25) is 4.79 Å². The van der Waals surface area contributed by atoms with E-state index in [1.807, 2.05) is 44.2 Å². The van der Waals surface area contributed by atoms with Crippen molar-refractivity contribution in [3.63, 3.8) is 0 Å². The second-order valence-corrected chi connectivity index (χ2v) is 7.96. The van der Waals surface area contributed by atoms with Crippen LogP contribution in [0.25, 0.3) is 0 Å². The molecule has 1 aliphatic carbocycles. The van der Waals surface area contributed by atoms with E-state index in [-0.39, 0.29) is 28.8 Å². The predicted molar refractivity (Wildman–Crippen MR) is 97.8 cm³/mol. The van der Waals surface area contributed by atoms with E-state index in [1.165, 1.54) is 0 Å². The van der Waals surface area contributed by atoms with E-state index in [9.17, 15) is 9.59 Å². The van der Waals surface area contributed by atoms with Gasteiger partial charge in [-0.05, 0) is 24.8 Å². The summed E-state index contributed by atoms with van der Waals surface area (Å²) in [6, 6.07) is 9.43. The number of nitrogens with two attached hydrogens (primary N) is 1. The summed E-state index contributed by atoms with van der Waals surface area (Å²) < 4.78 is 11.2. The average Bonchev–Trinajstić information content (AvgIpc) is 2.52. The van der Waals surface area contributed by atoms with Gasteiger partial charge in [0.25, 0.3) is 0 Å². The molecular weight excluding hydrogens is 330 g/mol. The van der Waals surface area contributed by atoms with Gasteiger partial charge in [-0.1, -0.05) is 44.2 Å². The lowest BCUT2D eigenvalue weighted by Gasteiger charge is -2.38. The van der Waals surface area contributed by atoms with Gasteiger partial charge in [0.2, 0.25) is 5.88 Å². The monoisotopic (exact) mass is 355 g/mol. The van der Waals surface area contributed by atoms with E-state index in [0.717, 1.165) is 5.56 Å². The normalized spacial score (nSPS) is 22.2. The molecule has 1 atom stereocenters. The molecule has 3 rings (SSSR count). The highest BCUT2D eigenvalue weighted by Crippen LogP contribution is 2.48. The van der Waals surface area contributed by atoms with Crippen molar-refractivity contribution < 1.29 is 19.1 Å². The maximum atomic E-state index is 13.0. The zero-order chi connectivity index (χ0) is 19.1. The molecule has 1 heterocycles. The van der Waals surface area contributed by atoms with Crippen LogP contribution in [0, 0.1) is 5.41 Å². The first kappa shape index (κ1) is 18.2. The third-order valence-electron chi connectivity index (χ3n) is 4.65. The van der Waals surface area contributed by atoms with Crippen molar-refractivity contribution in [2.24, 2.45) is 11.1 Å². The van der Waals surface area contributed by atoms with Crippen LogP contribution in [0.15, 0.2) is 53.1 Å². The number of hydrogen-bond acceptors (Lipinski definition) is 5. The number of Topliss-reactive ketones (excluding diaryl/α,β-unsaturated/α-hetero) is 1. The van der Waals surface area contributed by atoms with Crippen LogP contribution in [0.1, 0.15) is 52.0 Å². The zero-order valence-electron chi connectivity index (χ0n) is 15.7. The number of hydrogen-bond donors (Lipinski definition) is 1. The number of allylic oxidation sites excluding steroid dienone is 2. The standard InChI is InChI=1S/C21H25NO4/c1-12(2)25-20(24)18-16(13-8-6-5-7-9-13)17-14(23)10-21(3,4)11-15(17)26-19(18)22/h5-9,12,16H,10-11,22H2,1-4H3. The second-order valence-electron chi connectivity index (χ2n) is 7.96. The SMILES string of the molecule is CC(C)OC(=O)C1=C(N)OC2=C(C(=O)CC(C)(C)C2)C1c1ccccc1. The molecule has 0 radical (unpaired) electrons. The van der Waals surface area contributed by atoms with Crippen molar-refractivity contribution in [2.75, 3.05) is 0 Å². The molecule has 1 unspecified atom stereocenters. The molecule has 5 nitrogen and oxygen atoms in total. The van der Waals surface area contributed by atoms with Crippen LogP contribution in [0.5, 0.6) is 0 Å². The fourth-order valence-electron chi connectivity index (χ4n) is 3.64. The van der Waals surface area contributed by atoms with Gasteiger partial charge in [-0.25, -0.2) is 4.79 Å². The molecule has 0 fully saturated rings. The minimum atomic E-state index is -0.560. The third kappa shape index (κ3) is 3.39. The Labute approximate surface area is 153 Å². The van der Waals surface area contributed by atoms with Crippen LogP contribution in [-0.4, -0.2) is 17.9 Å². The molecule has 0 bridgehead atoms. The molecule has 5 heteroatoms. The van der Waals surface area contributed by atoms with Crippen molar-refractivity contribution in [3.8, 4) is 0 Å². The largest absolute Gasteiger partial charge is 0.459 e. The number of carbonyl (C=O) groups is 2. The van der Waals surface area contributed by atoms with E-state index >= 15 is 0 Å².